The van der Waals surface area contributed by atoms with Crippen molar-refractivity contribution in [3.63, 3.8) is 0 Å². The predicted molar refractivity (Wildman–Crippen MR) is 73.1 cm³/mol. The lowest BCUT2D eigenvalue weighted by Gasteiger charge is -2.02. The maximum atomic E-state index is 12.6. The summed E-state index contributed by atoms with van der Waals surface area (Å²) in [6.45, 7) is 3.50. The fourth-order valence-electron chi connectivity index (χ4n) is 1.96. The predicted octanol–water partition coefficient (Wildman–Crippen LogP) is 3.89. The summed E-state index contributed by atoms with van der Waals surface area (Å²) in [5.74, 6) is 0.718. The van der Waals surface area contributed by atoms with Crippen molar-refractivity contribution < 1.29 is 17.7 Å². The molecule has 0 spiro atoms. The van der Waals surface area contributed by atoms with Crippen LogP contribution in [-0.4, -0.2) is 20.1 Å². The Labute approximate surface area is 126 Å². The standard InChI is InChI=1S/C13H9F3N4OS/c1-6-10(7(2)21-20-6)8-3-4-17-11(18-8)12-19-9(5-22-12)13(14,15)16/h3-5H,1-2H3. The van der Waals surface area contributed by atoms with Gasteiger partial charge in [-0.05, 0) is 19.9 Å². The molecule has 0 saturated carbocycles. The van der Waals surface area contributed by atoms with E-state index in [0.29, 0.717) is 22.7 Å². The molecule has 0 fully saturated rings. The van der Waals surface area contributed by atoms with Gasteiger partial charge in [-0.15, -0.1) is 11.3 Å². The van der Waals surface area contributed by atoms with Gasteiger partial charge >= 0.3 is 6.18 Å². The molecule has 3 heterocycles. The summed E-state index contributed by atoms with van der Waals surface area (Å²) in [6, 6.07) is 1.65. The average molecular weight is 326 g/mol. The summed E-state index contributed by atoms with van der Waals surface area (Å²) in [7, 11) is 0. The van der Waals surface area contributed by atoms with Crippen molar-refractivity contribution in [1.82, 2.24) is 20.1 Å². The van der Waals surface area contributed by atoms with Crippen LogP contribution < -0.4 is 0 Å². The third-order valence-electron chi connectivity index (χ3n) is 2.93. The molecule has 0 unspecified atom stereocenters. The van der Waals surface area contributed by atoms with Crippen LogP contribution in [0.15, 0.2) is 22.2 Å². The molecule has 0 aliphatic rings. The third kappa shape index (κ3) is 2.59. The molecule has 0 atom stereocenters. The minimum atomic E-state index is -4.48. The first-order valence-corrected chi connectivity index (χ1v) is 7.03. The van der Waals surface area contributed by atoms with Crippen LogP contribution in [0.3, 0.4) is 0 Å². The van der Waals surface area contributed by atoms with Gasteiger partial charge in [0.2, 0.25) is 0 Å². The van der Waals surface area contributed by atoms with E-state index in [1.165, 1.54) is 6.20 Å². The maximum Gasteiger partial charge on any atom is 0.434 e. The molecular weight excluding hydrogens is 317 g/mol. The highest BCUT2D eigenvalue weighted by Crippen LogP contribution is 2.33. The maximum absolute atomic E-state index is 12.6. The van der Waals surface area contributed by atoms with Crippen molar-refractivity contribution in [2.75, 3.05) is 0 Å². The second-order valence-electron chi connectivity index (χ2n) is 4.50. The molecule has 0 amide bonds. The van der Waals surface area contributed by atoms with E-state index in [9.17, 15) is 13.2 Å². The summed E-state index contributed by atoms with van der Waals surface area (Å²) in [6.07, 6.45) is -3.01. The summed E-state index contributed by atoms with van der Waals surface area (Å²) in [4.78, 5) is 11.8. The van der Waals surface area contributed by atoms with Gasteiger partial charge in [0, 0.05) is 11.6 Å². The summed E-state index contributed by atoms with van der Waals surface area (Å²) >= 11 is 0.849. The van der Waals surface area contributed by atoms with Crippen LogP contribution in [0.25, 0.3) is 22.1 Å². The first-order valence-electron chi connectivity index (χ1n) is 6.15. The molecule has 0 aliphatic carbocycles. The Bertz CT molecular complexity index is 805. The summed E-state index contributed by atoms with van der Waals surface area (Å²) in [5, 5.41) is 4.89. The monoisotopic (exact) mass is 326 g/mol. The molecule has 3 rings (SSSR count). The summed E-state index contributed by atoms with van der Waals surface area (Å²) in [5.41, 5.74) is 0.942. The molecule has 0 radical (unpaired) electrons. The molecule has 22 heavy (non-hydrogen) atoms. The second-order valence-corrected chi connectivity index (χ2v) is 5.36. The first-order chi connectivity index (χ1) is 10.4. The van der Waals surface area contributed by atoms with E-state index in [0.717, 1.165) is 16.7 Å². The van der Waals surface area contributed by atoms with E-state index >= 15 is 0 Å². The Morgan fingerprint density at radius 3 is 2.55 bits per heavy atom. The van der Waals surface area contributed by atoms with Crippen LogP contribution in [-0.2, 0) is 6.18 Å². The molecule has 0 N–H and O–H groups in total. The highest BCUT2D eigenvalue weighted by atomic mass is 32.1. The van der Waals surface area contributed by atoms with Crippen molar-refractivity contribution >= 4 is 11.3 Å². The van der Waals surface area contributed by atoms with E-state index in [2.05, 4.69) is 20.1 Å². The van der Waals surface area contributed by atoms with Crippen molar-refractivity contribution in [2.45, 2.75) is 20.0 Å². The van der Waals surface area contributed by atoms with Crippen molar-refractivity contribution in [3.8, 4) is 22.1 Å². The smallest absolute Gasteiger partial charge is 0.361 e. The number of alkyl halides is 3. The van der Waals surface area contributed by atoms with E-state index < -0.39 is 11.9 Å². The van der Waals surface area contributed by atoms with E-state index in [-0.39, 0.29) is 10.8 Å². The van der Waals surface area contributed by atoms with E-state index in [1.54, 1.807) is 19.9 Å². The number of rotatable bonds is 2. The van der Waals surface area contributed by atoms with Gasteiger partial charge in [-0.25, -0.2) is 15.0 Å². The number of nitrogens with zero attached hydrogens (tertiary/aromatic N) is 4. The van der Waals surface area contributed by atoms with Crippen LogP contribution in [0.4, 0.5) is 13.2 Å². The first kappa shape index (κ1) is 14.6. The normalized spacial score (nSPS) is 11.9. The Kier molecular flexibility index (Phi) is 3.44. The van der Waals surface area contributed by atoms with Gasteiger partial charge in [0.1, 0.15) is 5.76 Å². The van der Waals surface area contributed by atoms with Crippen molar-refractivity contribution in [2.24, 2.45) is 0 Å². The van der Waals surface area contributed by atoms with Crippen LogP contribution in [0, 0.1) is 13.8 Å². The zero-order valence-electron chi connectivity index (χ0n) is 11.5. The fourth-order valence-corrected chi connectivity index (χ4v) is 2.72. The highest BCUT2D eigenvalue weighted by molar-refractivity contribution is 7.13. The zero-order chi connectivity index (χ0) is 15.9. The van der Waals surface area contributed by atoms with Crippen molar-refractivity contribution in [1.29, 1.82) is 0 Å². The van der Waals surface area contributed by atoms with Crippen LogP contribution in [0.2, 0.25) is 0 Å². The zero-order valence-corrected chi connectivity index (χ0v) is 12.3. The number of thiazole rings is 1. The quantitative estimate of drug-likeness (QED) is 0.715. The average Bonchev–Trinajstić information content (AvgIpc) is 3.06. The van der Waals surface area contributed by atoms with E-state index in [4.69, 9.17) is 4.52 Å². The molecular formula is C13H9F3N4OS. The molecule has 114 valence electrons. The van der Waals surface area contributed by atoms with Gasteiger partial charge < -0.3 is 4.52 Å². The molecule has 3 aromatic heterocycles. The second kappa shape index (κ2) is 5.16. The number of aromatic nitrogens is 4. The number of halogens is 3. The number of aryl methyl sites for hydroxylation is 2. The molecule has 0 saturated heterocycles. The van der Waals surface area contributed by atoms with Gasteiger partial charge in [0.25, 0.3) is 0 Å². The molecule has 0 aromatic carbocycles. The van der Waals surface area contributed by atoms with Gasteiger partial charge in [0.05, 0.1) is 17.0 Å². The van der Waals surface area contributed by atoms with Crippen LogP contribution >= 0.6 is 11.3 Å². The van der Waals surface area contributed by atoms with Crippen LogP contribution in [0.5, 0.6) is 0 Å². The fraction of sp³-hybridized carbons (Fsp3) is 0.231. The highest BCUT2D eigenvalue weighted by Gasteiger charge is 2.34. The Balaban J connectivity index is 2.04. The molecule has 0 bridgehead atoms. The molecule has 0 aliphatic heterocycles. The molecule has 5 nitrogen and oxygen atoms in total. The van der Waals surface area contributed by atoms with Gasteiger partial charge in [-0.2, -0.15) is 13.2 Å². The topological polar surface area (TPSA) is 64.7 Å². The minimum absolute atomic E-state index is 0.112. The van der Waals surface area contributed by atoms with Crippen LogP contribution in [0.1, 0.15) is 17.1 Å². The Hall–Kier alpha value is -2.29. The molecule has 3 aromatic rings. The van der Waals surface area contributed by atoms with Gasteiger partial charge in [-0.3, -0.25) is 0 Å². The largest absolute Gasteiger partial charge is 0.434 e. The minimum Gasteiger partial charge on any atom is -0.361 e. The van der Waals surface area contributed by atoms with Crippen molar-refractivity contribution in [3.05, 3.63) is 34.8 Å². The lowest BCUT2D eigenvalue weighted by Crippen LogP contribution is -2.05. The lowest BCUT2D eigenvalue weighted by molar-refractivity contribution is -0.140. The summed E-state index contributed by atoms with van der Waals surface area (Å²) < 4.78 is 42.9. The Morgan fingerprint density at radius 2 is 1.95 bits per heavy atom. The van der Waals surface area contributed by atoms with Gasteiger partial charge in [0.15, 0.2) is 16.5 Å². The lowest BCUT2D eigenvalue weighted by atomic mass is 10.1. The SMILES string of the molecule is Cc1noc(C)c1-c1ccnc(-c2nc(C(F)(F)F)cs2)n1. The third-order valence-corrected chi connectivity index (χ3v) is 3.77. The van der Waals surface area contributed by atoms with E-state index in [1.807, 2.05) is 0 Å². The number of hydrogen-bond donors (Lipinski definition) is 0. The number of hydrogen-bond acceptors (Lipinski definition) is 6. The van der Waals surface area contributed by atoms with Gasteiger partial charge in [-0.1, -0.05) is 5.16 Å². The molecule has 9 heteroatoms. The Morgan fingerprint density at radius 1 is 1.18 bits per heavy atom.